The molecule has 81 heavy (non-hydrogen) atoms. The SMILES string of the molecule is CC(C)(C)SCC1OC2OC3C(CO)OC(OC4C(CO)OC(OC5C(CO)OC(OC6C(CO)OC(OC7C(CO)OC(OC8C(CO)OC(OC1C(O)C2O)C(O)C8O)C(O)C7O)C(O)C6O)C(O)C5O)C(O)C4O)C(O)C3O. The minimum absolute atomic E-state index is 0.0711. The van der Waals surface area contributed by atoms with Gasteiger partial charge in [-0.25, -0.2) is 0 Å². The molecule has 35 unspecified atom stereocenters. The van der Waals surface area contributed by atoms with E-state index in [1.54, 1.807) is 0 Å². The first-order valence-electron chi connectivity index (χ1n) is 26.3. The van der Waals surface area contributed by atoms with Gasteiger partial charge in [-0.1, -0.05) is 20.8 Å². The molecule has 0 aliphatic carbocycles. The number of aliphatic hydroxyl groups excluding tert-OH is 20. The number of aliphatic hydroxyl groups is 20. The van der Waals surface area contributed by atoms with Crippen molar-refractivity contribution < 1.29 is 168 Å². The molecule has 0 amide bonds. The van der Waals surface area contributed by atoms with Crippen molar-refractivity contribution in [1.82, 2.24) is 0 Å². The molecule has 21 aliphatic heterocycles. The summed E-state index contributed by atoms with van der Waals surface area (Å²) in [6, 6.07) is 0. The van der Waals surface area contributed by atoms with Gasteiger partial charge in [0.25, 0.3) is 0 Å². The van der Waals surface area contributed by atoms with Crippen molar-refractivity contribution in [2.24, 2.45) is 0 Å². The van der Waals surface area contributed by atoms with Gasteiger partial charge in [-0.05, 0) is 0 Å². The van der Waals surface area contributed by atoms with E-state index in [4.69, 9.17) is 66.3 Å². The molecule has 472 valence electrons. The monoisotopic (exact) mass is 1210 g/mol. The Morgan fingerprint density at radius 1 is 0.235 bits per heavy atom. The van der Waals surface area contributed by atoms with E-state index in [0.717, 1.165) is 0 Å². The van der Waals surface area contributed by atoms with Gasteiger partial charge in [0.2, 0.25) is 0 Å². The summed E-state index contributed by atoms with van der Waals surface area (Å²) in [4.78, 5) is 0. The summed E-state index contributed by atoms with van der Waals surface area (Å²) < 4.78 is 80.7. The predicted molar refractivity (Wildman–Crippen MR) is 254 cm³/mol. The second-order valence-electron chi connectivity index (χ2n) is 21.9. The molecule has 21 saturated heterocycles. The highest BCUT2D eigenvalue weighted by Gasteiger charge is 2.59. The van der Waals surface area contributed by atoms with E-state index in [9.17, 15) is 102 Å². The molecular weight excluding hydrogens is 1130 g/mol. The summed E-state index contributed by atoms with van der Waals surface area (Å²) in [5.74, 6) is -0.0711. The van der Waals surface area contributed by atoms with Crippen LogP contribution in [-0.4, -0.2) is 367 Å². The molecule has 0 aromatic rings. The Labute approximate surface area is 465 Å². The average molecular weight is 1210 g/mol. The lowest BCUT2D eigenvalue weighted by Crippen LogP contribution is -2.68. The fourth-order valence-corrected chi connectivity index (χ4v) is 11.7. The molecule has 21 rings (SSSR count). The van der Waals surface area contributed by atoms with Crippen molar-refractivity contribution in [3.63, 3.8) is 0 Å². The molecule has 21 heterocycles. The summed E-state index contributed by atoms with van der Waals surface area (Å²) in [6.45, 7) is -0.669. The molecular formula is C46H78O34S. The van der Waals surface area contributed by atoms with Crippen molar-refractivity contribution in [2.75, 3.05) is 45.4 Å². The standard InChI is InChI=1S/C46H78O34S/c1-46(2,3)81-10-17-38-24(59)31(66)45(73-17)79-37-16(9-52)71-43(29(64)22(37)57)77-35-14(7-50)69-41(27(62)20(35)55)75-33-12(5-48)67-39(25(60)18(33)53)74-32-11(4-47)68-40(26(61)19(32)54)76-34-13(6-49)70-42(28(63)21(34)56)78-36-15(8-51)72-44(80-38)30(65)23(36)58/h11-45,47-66H,4-10H2,1-3H3. The van der Waals surface area contributed by atoms with Gasteiger partial charge in [-0.2, -0.15) is 11.8 Å². The van der Waals surface area contributed by atoms with E-state index in [1.807, 2.05) is 20.8 Å². The number of hydrogen-bond acceptors (Lipinski definition) is 35. The number of thioether (sulfide) groups is 1. The number of rotatable bonds is 8. The Kier molecular flexibility index (Phi) is 22.5. The van der Waals surface area contributed by atoms with Crippen LogP contribution in [0.25, 0.3) is 0 Å². The summed E-state index contributed by atoms with van der Waals surface area (Å²) in [5, 5.41) is 223. The van der Waals surface area contributed by atoms with Crippen molar-refractivity contribution >= 4 is 11.8 Å². The first-order valence-corrected chi connectivity index (χ1v) is 27.3. The highest BCUT2D eigenvalue weighted by Crippen LogP contribution is 2.40. The van der Waals surface area contributed by atoms with Crippen LogP contribution < -0.4 is 0 Å². The third kappa shape index (κ3) is 13.7. The van der Waals surface area contributed by atoms with Crippen molar-refractivity contribution in [3.05, 3.63) is 0 Å². The maximum atomic E-state index is 11.7. The lowest BCUT2D eigenvalue weighted by Gasteiger charge is -2.50. The zero-order valence-electron chi connectivity index (χ0n) is 43.7. The molecule has 21 aliphatic rings. The van der Waals surface area contributed by atoms with Gasteiger partial charge in [-0.15, -0.1) is 0 Å². The molecule has 35 atom stereocenters. The van der Waals surface area contributed by atoms with E-state index in [0.29, 0.717) is 0 Å². The van der Waals surface area contributed by atoms with Crippen LogP contribution in [0.3, 0.4) is 0 Å². The van der Waals surface area contributed by atoms with Gasteiger partial charge >= 0.3 is 0 Å². The van der Waals surface area contributed by atoms with Crippen LogP contribution in [0.4, 0.5) is 0 Å². The summed E-state index contributed by atoms with van der Waals surface area (Å²) >= 11 is 1.26. The van der Waals surface area contributed by atoms with E-state index >= 15 is 0 Å². The van der Waals surface area contributed by atoms with E-state index in [2.05, 4.69) is 0 Å². The third-order valence-corrected chi connectivity index (χ3v) is 16.6. The van der Waals surface area contributed by atoms with Crippen LogP contribution in [0.15, 0.2) is 0 Å². The average Bonchev–Trinajstić information content (AvgIpc) is 3.48. The molecule has 0 aromatic carbocycles. The largest absolute Gasteiger partial charge is 0.394 e. The van der Waals surface area contributed by atoms with Crippen LogP contribution in [0, 0.1) is 0 Å². The Morgan fingerprint density at radius 3 is 0.531 bits per heavy atom. The van der Waals surface area contributed by atoms with Crippen LogP contribution in [-0.2, 0) is 66.3 Å². The second-order valence-corrected chi connectivity index (χ2v) is 23.7. The molecule has 34 nitrogen and oxygen atoms in total. The van der Waals surface area contributed by atoms with E-state index in [-0.39, 0.29) is 5.75 Å². The molecule has 20 N–H and O–H groups in total. The van der Waals surface area contributed by atoms with Crippen LogP contribution in [0.1, 0.15) is 20.8 Å². The zero-order valence-corrected chi connectivity index (χ0v) is 44.5. The van der Waals surface area contributed by atoms with Gasteiger partial charge in [0.1, 0.15) is 165 Å². The fourth-order valence-electron chi connectivity index (χ4n) is 10.7. The Bertz CT molecular complexity index is 1940. The third-order valence-electron chi connectivity index (χ3n) is 15.3. The Hall–Kier alpha value is -1.01. The molecule has 0 aromatic heterocycles. The van der Waals surface area contributed by atoms with Gasteiger partial charge in [-0.3, -0.25) is 0 Å². The highest BCUT2D eigenvalue weighted by atomic mass is 32.2. The van der Waals surface area contributed by atoms with E-state index < -0.39 is 259 Å². The number of hydrogen-bond donors (Lipinski definition) is 20. The predicted octanol–water partition coefficient (Wildman–Crippen LogP) is -12.7. The second kappa shape index (κ2) is 27.6. The maximum absolute atomic E-state index is 11.7. The topological polar surface area (TPSA) is 534 Å². The Morgan fingerprint density at radius 2 is 0.383 bits per heavy atom. The minimum atomic E-state index is -2.20. The van der Waals surface area contributed by atoms with Gasteiger partial charge in [0, 0.05) is 10.5 Å². The zero-order chi connectivity index (χ0) is 59.3. The molecule has 0 saturated carbocycles. The molecule has 0 spiro atoms. The minimum Gasteiger partial charge on any atom is -0.394 e. The summed E-state index contributed by atoms with van der Waals surface area (Å²) in [5.41, 5.74) is 0. The maximum Gasteiger partial charge on any atom is 0.187 e. The van der Waals surface area contributed by atoms with Crippen LogP contribution in [0.2, 0.25) is 0 Å². The van der Waals surface area contributed by atoms with Crippen LogP contribution in [0.5, 0.6) is 0 Å². The lowest BCUT2D eigenvalue weighted by atomic mass is 9.95. The van der Waals surface area contributed by atoms with Crippen molar-refractivity contribution in [2.45, 2.75) is 240 Å². The van der Waals surface area contributed by atoms with Crippen LogP contribution >= 0.6 is 11.8 Å². The molecule has 0 radical (unpaired) electrons. The number of ether oxygens (including phenoxy) is 14. The molecule has 14 bridgehead atoms. The Balaban J connectivity index is 1.10. The quantitative estimate of drug-likeness (QED) is 0.107. The van der Waals surface area contributed by atoms with Gasteiger partial charge in [0.05, 0.1) is 45.7 Å². The molecule has 35 heteroatoms. The van der Waals surface area contributed by atoms with Crippen molar-refractivity contribution in [3.8, 4) is 0 Å². The first kappa shape index (κ1) is 66.0. The first-order chi connectivity index (χ1) is 38.3. The van der Waals surface area contributed by atoms with Gasteiger partial charge < -0.3 is 168 Å². The molecule has 21 fully saturated rings. The van der Waals surface area contributed by atoms with E-state index in [1.165, 1.54) is 11.8 Å². The normalized spacial score (nSPS) is 53.4. The van der Waals surface area contributed by atoms with Gasteiger partial charge in [0.15, 0.2) is 44.0 Å². The smallest absolute Gasteiger partial charge is 0.187 e. The summed E-state index contributed by atoms with van der Waals surface area (Å²) in [6.07, 6.45) is -68.6. The highest BCUT2D eigenvalue weighted by molar-refractivity contribution is 8.00. The fraction of sp³-hybridized carbons (Fsp3) is 1.00. The lowest BCUT2D eigenvalue weighted by molar-refractivity contribution is -0.396. The summed E-state index contributed by atoms with van der Waals surface area (Å²) in [7, 11) is 0. The van der Waals surface area contributed by atoms with Crippen molar-refractivity contribution in [1.29, 1.82) is 0 Å².